The van der Waals surface area contributed by atoms with Gasteiger partial charge in [0.05, 0.1) is 10.6 Å². The predicted octanol–water partition coefficient (Wildman–Crippen LogP) is 4.40. The van der Waals surface area contributed by atoms with Gasteiger partial charge >= 0.3 is 0 Å². The van der Waals surface area contributed by atoms with Gasteiger partial charge in [0.2, 0.25) is 0 Å². The van der Waals surface area contributed by atoms with Crippen LogP contribution in [0.1, 0.15) is 25.7 Å². The largest absolute Gasteiger partial charge is 0.298 e. The Morgan fingerprint density at radius 2 is 2.00 bits per heavy atom. The fraction of sp³-hybridized carbons (Fsp3) is 0.316. The summed E-state index contributed by atoms with van der Waals surface area (Å²) >= 11 is 2.79. The van der Waals surface area contributed by atoms with Crippen LogP contribution in [0.5, 0.6) is 0 Å². The number of ketones is 1. The molecule has 1 aromatic carbocycles. The predicted molar refractivity (Wildman–Crippen MR) is 103 cm³/mol. The van der Waals surface area contributed by atoms with E-state index in [9.17, 15) is 14.0 Å². The Labute approximate surface area is 158 Å². The van der Waals surface area contributed by atoms with E-state index in [0.717, 1.165) is 30.4 Å². The normalized spacial score (nSPS) is 17.8. The summed E-state index contributed by atoms with van der Waals surface area (Å²) in [6.07, 6.45) is 3.44. The molecule has 2 heterocycles. The summed E-state index contributed by atoms with van der Waals surface area (Å²) in [5.74, 6) is -0.0658. The first kappa shape index (κ1) is 17.4. The molecule has 2 aromatic heterocycles. The lowest BCUT2D eigenvalue weighted by molar-refractivity contribution is -0.119. The molecule has 0 radical (unpaired) electrons. The lowest BCUT2D eigenvalue weighted by atomic mass is 9.99. The number of rotatable bonds is 3. The summed E-state index contributed by atoms with van der Waals surface area (Å²) < 4.78 is 14.7. The molecule has 0 spiro atoms. The standard InChI is InChI=1S/C19H17FN2O2S2/c1-22-18(24)16-13(11-6-8-12(20)9-7-11)10-25-17(16)21-19(22)26-15-5-3-2-4-14(15)23/h6-10,15H,2-5H2,1H3/t15-/m1/s1. The van der Waals surface area contributed by atoms with Crippen LogP contribution in [0.25, 0.3) is 21.3 Å². The molecule has 7 heteroatoms. The first-order valence-electron chi connectivity index (χ1n) is 8.48. The molecule has 3 aromatic rings. The van der Waals surface area contributed by atoms with E-state index < -0.39 is 0 Å². The Morgan fingerprint density at radius 3 is 2.73 bits per heavy atom. The molecule has 4 rings (SSSR count). The van der Waals surface area contributed by atoms with Crippen LogP contribution in [-0.2, 0) is 11.8 Å². The number of hydrogen-bond acceptors (Lipinski definition) is 5. The molecule has 134 valence electrons. The Kier molecular flexibility index (Phi) is 4.67. The van der Waals surface area contributed by atoms with Gasteiger partial charge < -0.3 is 0 Å². The second-order valence-electron chi connectivity index (χ2n) is 6.41. The van der Waals surface area contributed by atoms with Gasteiger partial charge in [-0.05, 0) is 30.5 Å². The maximum Gasteiger partial charge on any atom is 0.263 e. The monoisotopic (exact) mass is 388 g/mol. The number of fused-ring (bicyclic) bond motifs is 1. The van der Waals surface area contributed by atoms with E-state index in [0.29, 0.717) is 21.8 Å². The van der Waals surface area contributed by atoms with Crippen molar-refractivity contribution in [3.05, 3.63) is 45.8 Å². The number of carbonyl (C=O) groups is 1. The minimum Gasteiger partial charge on any atom is -0.298 e. The van der Waals surface area contributed by atoms with Crippen LogP contribution in [0.4, 0.5) is 4.39 Å². The Bertz CT molecular complexity index is 1040. The molecule has 1 fully saturated rings. The van der Waals surface area contributed by atoms with Crippen molar-refractivity contribution < 1.29 is 9.18 Å². The summed E-state index contributed by atoms with van der Waals surface area (Å²) in [5, 5.41) is 2.89. The van der Waals surface area contributed by atoms with Crippen LogP contribution in [0, 0.1) is 5.82 Å². The number of nitrogens with zero attached hydrogens (tertiary/aromatic N) is 2. The van der Waals surface area contributed by atoms with Crippen molar-refractivity contribution in [2.45, 2.75) is 36.1 Å². The van der Waals surface area contributed by atoms with E-state index in [2.05, 4.69) is 4.98 Å². The van der Waals surface area contributed by atoms with Gasteiger partial charge in [-0.1, -0.05) is 30.3 Å². The highest BCUT2D eigenvalue weighted by atomic mass is 32.2. The first-order chi connectivity index (χ1) is 12.5. The fourth-order valence-electron chi connectivity index (χ4n) is 3.20. The summed E-state index contributed by atoms with van der Waals surface area (Å²) in [6.45, 7) is 0. The maximum absolute atomic E-state index is 13.2. The zero-order valence-corrected chi connectivity index (χ0v) is 15.8. The molecule has 0 saturated heterocycles. The van der Waals surface area contributed by atoms with Crippen molar-refractivity contribution in [2.75, 3.05) is 0 Å². The van der Waals surface area contributed by atoms with Crippen LogP contribution in [0.15, 0.2) is 39.6 Å². The van der Waals surface area contributed by atoms with Crippen molar-refractivity contribution in [3.63, 3.8) is 0 Å². The maximum atomic E-state index is 13.2. The molecule has 0 bridgehead atoms. The number of hydrogen-bond donors (Lipinski definition) is 0. The first-order valence-corrected chi connectivity index (χ1v) is 10.2. The molecule has 1 atom stereocenters. The number of aromatic nitrogens is 2. The van der Waals surface area contributed by atoms with Crippen molar-refractivity contribution in [3.8, 4) is 11.1 Å². The summed E-state index contributed by atoms with van der Waals surface area (Å²) in [4.78, 5) is 30.4. The number of thioether (sulfide) groups is 1. The highest BCUT2D eigenvalue weighted by Crippen LogP contribution is 2.34. The third kappa shape index (κ3) is 3.10. The van der Waals surface area contributed by atoms with Crippen LogP contribution < -0.4 is 5.56 Å². The van der Waals surface area contributed by atoms with Gasteiger partial charge in [0.25, 0.3) is 5.56 Å². The molecule has 0 unspecified atom stereocenters. The van der Waals surface area contributed by atoms with Crippen LogP contribution in [0.2, 0.25) is 0 Å². The molecule has 4 nitrogen and oxygen atoms in total. The zero-order valence-electron chi connectivity index (χ0n) is 14.2. The second-order valence-corrected chi connectivity index (χ2v) is 8.44. The summed E-state index contributed by atoms with van der Waals surface area (Å²) in [6, 6.07) is 6.10. The number of Topliss-reactive ketones (excluding diaryl/α,β-unsaturated/α-hetero) is 1. The molecule has 26 heavy (non-hydrogen) atoms. The Hall–Kier alpha value is -1.99. The average molecular weight is 388 g/mol. The Balaban J connectivity index is 1.77. The highest BCUT2D eigenvalue weighted by molar-refractivity contribution is 8.00. The van der Waals surface area contributed by atoms with E-state index in [-0.39, 0.29) is 22.4 Å². The van der Waals surface area contributed by atoms with Crippen molar-refractivity contribution in [2.24, 2.45) is 7.05 Å². The van der Waals surface area contributed by atoms with E-state index in [4.69, 9.17) is 0 Å². The number of benzene rings is 1. The average Bonchev–Trinajstić information content (AvgIpc) is 3.06. The van der Waals surface area contributed by atoms with Crippen LogP contribution in [-0.4, -0.2) is 20.6 Å². The summed E-state index contributed by atoms with van der Waals surface area (Å²) in [7, 11) is 1.69. The number of carbonyl (C=O) groups excluding carboxylic acids is 1. The SMILES string of the molecule is Cn1c(S[C@@H]2CCCCC2=O)nc2scc(-c3ccc(F)cc3)c2c1=O. The smallest absolute Gasteiger partial charge is 0.263 e. The van der Waals surface area contributed by atoms with Gasteiger partial charge in [-0.15, -0.1) is 11.3 Å². The molecular formula is C19H17FN2O2S2. The topological polar surface area (TPSA) is 52.0 Å². The quantitative estimate of drug-likeness (QED) is 0.624. The second kappa shape index (κ2) is 6.96. The minimum absolute atomic E-state index is 0.115. The number of halogens is 1. The fourth-order valence-corrected chi connectivity index (χ4v) is 5.37. The van der Waals surface area contributed by atoms with Gasteiger partial charge in [-0.3, -0.25) is 14.2 Å². The zero-order chi connectivity index (χ0) is 18.3. The van der Waals surface area contributed by atoms with Crippen molar-refractivity contribution >= 4 is 39.1 Å². The van der Waals surface area contributed by atoms with Crippen LogP contribution in [0.3, 0.4) is 0 Å². The van der Waals surface area contributed by atoms with Gasteiger partial charge in [0.1, 0.15) is 16.4 Å². The van der Waals surface area contributed by atoms with E-state index >= 15 is 0 Å². The Morgan fingerprint density at radius 1 is 1.23 bits per heavy atom. The minimum atomic E-state index is -0.310. The summed E-state index contributed by atoms with van der Waals surface area (Å²) in [5.41, 5.74) is 1.42. The van der Waals surface area contributed by atoms with E-state index in [1.165, 1.54) is 39.8 Å². The molecule has 1 aliphatic rings. The van der Waals surface area contributed by atoms with Crippen molar-refractivity contribution in [1.29, 1.82) is 0 Å². The van der Waals surface area contributed by atoms with Gasteiger partial charge in [-0.2, -0.15) is 0 Å². The van der Waals surface area contributed by atoms with Gasteiger partial charge in [0, 0.05) is 24.4 Å². The van der Waals surface area contributed by atoms with Gasteiger partial charge in [-0.25, -0.2) is 9.37 Å². The lowest BCUT2D eigenvalue weighted by Gasteiger charge is -2.20. The van der Waals surface area contributed by atoms with E-state index in [1.54, 1.807) is 19.2 Å². The molecular weight excluding hydrogens is 371 g/mol. The molecule has 0 aliphatic heterocycles. The lowest BCUT2D eigenvalue weighted by Crippen LogP contribution is -2.25. The molecule has 1 aliphatic carbocycles. The number of thiophene rings is 1. The van der Waals surface area contributed by atoms with Crippen LogP contribution >= 0.6 is 23.1 Å². The van der Waals surface area contributed by atoms with E-state index in [1.807, 2.05) is 5.38 Å². The third-order valence-electron chi connectivity index (χ3n) is 4.68. The molecule has 0 N–H and O–H groups in total. The molecule has 1 saturated carbocycles. The molecule has 0 amide bonds. The third-order valence-corrected chi connectivity index (χ3v) is 6.91. The highest BCUT2D eigenvalue weighted by Gasteiger charge is 2.25. The van der Waals surface area contributed by atoms with Gasteiger partial charge in [0.15, 0.2) is 5.16 Å². The van der Waals surface area contributed by atoms with Crippen molar-refractivity contribution in [1.82, 2.24) is 9.55 Å².